The average Bonchev–Trinajstić information content (AvgIpc) is 2.58. The standard InChI is InChI=1S/C17H19BrN4O/c18-14-3-5-15(6-4-14)21-17(23)12-22-9-8-20-11-16(22)13-2-1-7-19-10-13/h1-7,10,16,20H,8-9,11-12H2,(H,21,23). The zero-order valence-corrected chi connectivity index (χ0v) is 14.3. The summed E-state index contributed by atoms with van der Waals surface area (Å²) < 4.78 is 0.995. The fourth-order valence-electron chi connectivity index (χ4n) is 2.76. The average molecular weight is 375 g/mol. The van der Waals surface area contributed by atoms with E-state index < -0.39 is 0 Å². The van der Waals surface area contributed by atoms with Gasteiger partial charge in [0.2, 0.25) is 5.91 Å². The van der Waals surface area contributed by atoms with Gasteiger partial charge in [-0.2, -0.15) is 0 Å². The Hall–Kier alpha value is -1.76. The molecule has 1 amide bonds. The zero-order valence-electron chi connectivity index (χ0n) is 12.7. The molecule has 1 fully saturated rings. The number of nitrogens with zero attached hydrogens (tertiary/aromatic N) is 2. The molecule has 0 saturated carbocycles. The van der Waals surface area contributed by atoms with E-state index in [0.717, 1.165) is 35.4 Å². The second-order valence-corrected chi connectivity index (χ2v) is 6.45. The van der Waals surface area contributed by atoms with Crippen molar-refractivity contribution in [2.45, 2.75) is 6.04 Å². The molecule has 1 aliphatic rings. The van der Waals surface area contributed by atoms with Crippen LogP contribution in [0.3, 0.4) is 0 Å². The van der Waals surface area contributed by atoms with Crippen LogP contribution < -0.4 is 10.6 Å². The van der Waals surface area contributed by atoms with Crippen LogP contribution in [-0.4, -0.2) is 42.0 Å². The Kier molecular flexibility index (Phi) is 5.38. The minimum Gasteiger partial charge on any atom is -0.325 e. The largest absolute Gasteiger partial charge is 0.325 e. The minimum atomic E-state index is 0.00288. The fraction of sp³-hybridized carbons (Fsp3) is 0.294. The molecule has 1 atom stereocenters. The normalized spacial score (nSPS) is 18.6. The van der Waals surface area contributed by atoms with Gasteiger partial charge in [0.25, 0.3) is 0 Å². The number of halogens is 1. The predicted molar refractivity (Wildman–Crippen MR) is 94.2 cm³/mol. The number of pyridine rings is 1. The Bertz CT molecular complexity index is 647. The monoisotopic (exact) mass is 374 g/mol. The lowest BCUT2D eigenvalue weighted by Crippen LogP contribution is -2.48. The molecule has 1 unspecified atom stereocenters. The van der Waals surface area contributed by atoms with Gasteiger partial charge in [-0.3, -0.25) is 14.7 Å². The maximum Gasteiger partial charge on any atom is 0.238 e. The van der Waals surface area contributed by atoms with Crippen molar-refractivity contribution in [1.82, 2.24) is 15.2 Å². The van der Waals surface area contributed by atoms with E-state index in [1.807, 2.05) is 36.5 Å². The molecule has 1 aromatic carbocycles. The smallest absolute Gasteiger partial charge is 0.238 e. The molecule has 2 N–H and O–H groups in total. The van der Waals surface area contributed by atoms with Crippen LogP contribution in [0.25, 0.3) is 0 Å². The third-order valence-corrected chi connectivity index (χ3v) is 4.43. The van der Waals surface area contributed by atoms with Crippen molar-refractivity contribution >= 4 is 27.5 Å². The van der Waals surface area contributed by atoms with Gasteiger partial charge >= 0.3 is 0 Å². The molecule has 2 aromatic rings. The van der Waals surface area contributed by atoms with Gasteiger partial charge in [-0.05, 0) is 35.9 Å². The van der Waals surface area contributed by atoms with Gasteiger partial charge in [-0.25, -0.2) is 0 Å². The van der Waals surface area contributed by atoms with Crippen LogP contribution in [-0.2, 0) is 4.79 Å². The summed E-state index contributed by atoms with van der Waals surface area (Å²) in [5.41, 5.74) is 1.95. The Morgan fingerprint density at radius 2 is 2.17 bits per heavy atom. The Morgan fingerprint density at radius 3 is 2.91 bits per heavy atom. The summed E-state index contributed by atoms with van der Waals surface area (Å²) in [6.45, 7) is 2.93. The van der Waals surface area contributed by atoms with Crippen molar-refractivity contribution in [2.24, 2.45) is 0 Å². The van der Waals surface area contributed by atoms with Gasteiger partial charge in [-0.1, -0.05) is 22.0 Å². The quantitative estimate of drug-likeness (QED) is 0.862. The van der Waals surface area contributed by atoms with Gasteiger partial charge in [0.1, 0.15) is 0 Å². The second-order valence-electron chi connectivity index (χ2n) is 5.53. The van der Waals surface area contributed by atoms with E-state index >= 15 is 0 Å². The van der Waals surface area contributed by atoms with Gasteiger partial charge in [-0.15, -0.1) is 0 Å². The number of rotatable bonds is 4. The number of piperazine rings is 1. The molecule has 0 radical (unpaired) electrons. The molecular formula is C17H19BrN4O. The first-order valence-electron chi connectivity index (χ1n) is 7.62. The maximum absolute atomic E-state index is 12.3. The van der Waals surface area contributed by atoms with Crippen LogP contribution in [0.4, 0.5) is 5.69 Å². The Morgan fingerprint density at radius 1 is 1.35 bits per heavy atom. The fourth-order valence-corrected chi connectivity index (χ4v) is 3.02. The maximum atomic E-state index is 12.3. The third kappa shape index (κ3) is 4.37. The highest BCUT2D eigenvalue weighted by Gasteiger charge is 2.25. The highest BCUT2D eigenvalue weighted by molar-refractivity contribution is 9.10. The molecule has 1 aliphatic heterocycles. The van der Waals surface area contributed by atoms with Gasteiger partial charge in [0.15, 0.2) is 0 Å². The lowest BCUT2D eigenvalue weighted by molar-refractivity contribution is -0.118. The molecule has 5 nitrogen and oxygen atoms in total. The molecule has 1 aromatic heterocycles. The van der Waals surface area contributed by atoms with E-state index in [9.17, 15) is 4.79 Å². The van der Waals surface area contributed by atoms with Crippen molar-refractivity contribution in [3.05, 3.63) is 58.8 Å². The summed E-state index contributed by atoms with van der Waals surface area (Å²) >= 11 is 3.39. The summed E-state index contributed by atoms with van der Waals surface area (Å²) in [6, 6.07) is 11.8. The summed E-state index contributed by atoms with van der Waals surface area (Å²) in [4.78, 5) is 18.7. The van der Waals surface area contributed by atoms with E-state index in [1.54, 1.807) is 6.20 Å². The van der Waals surface area contributed by atoms with E-state index in [0.29, 0.717) is 6.54 Å². The number of carbonyl (C=O) groups excluding carboxylic acids is 1. The lowest BCUT2D eigenvalue weighted by Gasteiger charge is -2.35. The summed E-state index contributed by atoms with van der Waals surface area (Å²) in [5, 5.41) is 6.34. The van der Waals surface area contributed by atoms with E-state index in [2.05, 4.69) is 42.5 Å². The highest BCUT2D eigenvalue weighted by Crippen LogP contribution is 2.21. The molecule has 23 heavy (non-hydrogen) atoms. The molecular weight excluding hydrogens is 356 g/mol. The van der Waals surface area contributed by atoms with Gasteiger partial charge < -0.3 is 10.6 Å². The number of hydrogen-bond donors (Lipinski definition) is 2. The number of anilines is 1. The topological polar surface area (TPSA) is 57.3 Å². The van der Waals surface area contributed by atoms with Crippen LogP contribution in [0.5, 0.6) is 0 Å². The number of amides is 1. The van der Waals surface area contributed by atoms with E-state index in [4.69, 9.17) is 0 Å². The van der Waals surface area contributed by atoms with Crippen molar-refractivity contribution in [3.63, 3.8) is 0 Å². The Labute approximate surface area is 144 Å². The minimum absolute atomic E-state index is 0.00288. The summed E-state index contributed by atoms with van der Waals surface area (Å²) in [6.07, 6.45) is 3.64. The summed E-state index contributed by atoms with van der Waals surface area (Å²) in [7, 11) is 0. The van der Waals surface area contributed by atoms with Gasteiger partial charge in [0, 0.05) is 48.2 Å². The number of nitrogens with one attached hydrogen (secondary N) is 2. The second kappa shape index (κ2) is 7.68. The first-order chi connectivity index (χ1) is 11.2. The van der Waals surface area contributed by atoms with Crippen molar-refractivity contribution in [3.8, 4) is 0 Å². The predicted octanol–water partition coefficient (Wildman–Crippen LogP) is 2.43. The molecule has 3 rings (SSSR count). The van der Waals surface area contributed by atoms with Crippen LogP contribution in [0.15, 0.2) is 53.3 Å². The molecule has 0 aliphatic carbocycles. The van der Waals surface area contributed by atoms with Crippen LogP contribution in [0.1, 0.15) is 11.6 Å². The van der Waals surface area contributed by atoms with Crippen LogP contribution >= 0.6 is 15.9 Å². The molecule has 1 saturated heterocycles. The first-order valence-corrected chi connectivity index (χ1v) is 8.42. The number of hydrogen-bond acceptors (Lipinski definition) is 4. The van der Waals surface area contributed by atoms with Crippen LogP contribution in [0, 0.1) is 0 Å². The lowest BCUT2D eigenvalue weighted by atomic mass is 10.1. The molecule has 6 heteroatoms. The number of benzene rings is 1. The number of carbonyl (C=O) groups is 1. The van der Waals surface area contributed by atoms with Crippen molar-refractivity contribution in [1.29, 1.82) is 0 Å². The van der Waals surface area contributed by atoms with Crippen molar-refractivity contribution < 1.29 is 4.79 Å². The molecule has 0 bridgehead atoms. The molecule has 2 heterocycles. The molecule has 0 spiro atoms. The van der Waals surface area contributed by atoms with E-state index in [-0.39, 0.29) is 11.9 Å². The summed E-state index contributed by atoms with van der Waals surface area (Å²) in [5.74, 6) is 0.00288. The van der Waals surface area contributed by atoms with Crippen LogP contribution in [0.2, 0.25) is 0 Å². The Balaban J connectivity index is 1.64. The first kappa shape index (κ1) is 16.1. The molecule has 120 valence electrons. The number of aromatic nitrogens is 1. The third-order valence-electron chi connectivity index (χ3n) is 3.90. The SMILES string of the molecule is O=C(CN1CCNCC1c1cccnc1)Nc1ccc(Br)cc1. The zero-order chi connectivity index (χ0) is 16.1. The van der Waals surface area contributed by atoms with Gasteiger partial charge in [0.05, 0.1) is 6.54 Å². The van der Waals surface area contributed by atoms with Crippen molar-refractivity contribution in [2.75, 3.05) is 31.5 Å². The highest BCUT2D eigenvalue weighted by atomic mass is 79.9. The van der Waals surface area contributed by atoms with E-state index in [1.165, 1.54) is 0 Å².